The first-order valence-corrected chi connectivity index (χ1v) is 6.45. The van der Waals surface area contributed by atoms with Crippen molar-refractivity contribution in [3.8, 4) is 0 Å². The smallest absolute Gasteiger partial charge is 0.336 e. The van der Waals surface area contributed by atoms with Gasteiger partial charge in [0.2, 0.25) is 0 Å². The monoisotopic (exact) mass is 292 g/mol. The number of hydrogen-bond acceptors (Lipinski definition) is 7. The number of amides is 4. The SMILES string of the molecule is CN(N=O)C(=O)NCCSCCNC(=O)N(C)N=O. The first-order valence-electron chi connectivity index (χ1n) is 5.30. The van der Waals surface area contributed by atoms with Crippen LogP contribution < -0.4 is 10.6 Å². The van der Waals surface area contributed by atoms with Gasteiger partial charge in [-0.3, -0.25) is 0 Å². The molecule has 0 aromatic carbocycles. The number of hydrogen-bond donors (Lipinski definition) is 2. The van der Waals surface area contributed by atoms with Gasteiger partial charge in [-0.25, -0.2) is 9.59 Å². The van der Waals surface area contributed by atoms with Gasteiger partial charge in [-0.05, 0) is 0 Å². The molecule has 0 unspecified atom stereocenters. The van der Waals surface area contributed by atoms with E-state index in [0.29, 0.717) is 34.6 Å². The van der Waals surface area contributed by atoms with Gasteiger partial charge in [-0.15, -0.1) is 9.81 Å². The molecule has 0 aromatic heterocycles. The van der Waals surface area contributed by atoms with Gasteiger partial charge in [0.25, 0.3) is 0 Å². The highest BCUT2D eigenvalue weighted by atomic mass is 32.2. The van der Waals surface area contributed by atoms with Crippen LogP contribution in [0.3, 0.4) is 0 Å². The lowest BCUT2D eigenvalue weighted by Crippen LogP contribution is -2.36. The van der Waals surface area contributed by atoms with Crippen molar-refractivity contribution in [1.29, 1.82) is 0 Å². The summed E-state index contributed by atoms with van der Waals surface area (Å²) in [6.45, 7) is 0.764. The highest BCUT2D eigenvalue weighted by molar-refractivity contribution is 7.99. The van der Waals surface area contributed by atoms with Crippen molar-refractivity contribution in [2.75, 3.05) is 38.7 Å². The predicted molar refractivity (Wildman–Crippen MR) is 71.2 cm³/mol. The maximum atomic E-state index is 11.1. The Balaban J connectivity index is 3.46. The number of carbonyl (C=O) groups excluding carboxylic acids is 2. The van der Waals surface area contributed by atoms with Gasteiger partial charge < -0.3 is 10.6 Å². The molecule has 19 heavy (non-hydrogen) atoms. The molecule has 0 aliphatic heterocycles. The molecule has 108 valence electrons. The van der Waals surface area contributed by atoms with Crippen LogP contribution in [-0.2, 0) is 0 Å². The summed E-state index contributed by atoms with van der Waals surface area (Å²) >= 11 is 1.49. The molecule has 0 aliphatic rings. The zero-order valence-electron chi connectivity index (χ0n) is 10.7. The summed E-state index contributed by atoms with van der Waals surface area (Å²) in [5, 5.41) is 11.2. The Morgan fingerprint density at radius 3 is 1.63 bits per heavy atom. The van der Waals surface area contributed by atoms with E-state index in [-0.39, 0.29) is 0 Å². The molecule has 0 atom stereocenters. The molecule has 10 nitrogen and oxygen atoms in total. The quantitative estimate of drug-likeness (QED) is 0.380. The lowest BCUT2D eigenvalue weighted by molar-refractivity contribution is 0.210. The molecule has 0 spiro atoms. The largest absolute Gasteiger partial charge is 0.340 e. The average Bonchev–Trinajstić information content (AvgIpc) is 2.43. The summed E-state index contributed by atoms with van der Waals surface area (Å²) < 4.78 is 0. The number of nitrogens with one attached hydrogen (secondary N) is 2. The second kappa shape index (κ2) is 10.1. The summed E-state index contributed by atoms with van der Waals surface area (Å²) in [7, 11) is 2.51. The average molecular weight is 292 g/mol. The standard InChI is InChI=1S/C8H16N6O4S/c1-13(11-17)7(15)9-3-5-19-6-4-10-8(16)14(2)12-18/h3-6H2,1-2H3,(H,9,15)(H,10,16). The highest BCUT2D eigenvalue weighted by Gasteiger charge is 2.07. The van der Waals surface area contributed by atoms with Crippen molar-refractivity contribution in [2.45, 2.75) is 0 Å². The van der Waals surface area contributed by atoms with Crippen molar-refractivity contribution < 1.29 is 9.59 Å². The Kier molecular flexibility index (Phi) is 9.04. The fourth-order valence-corrected chi connectivity index (χ4v) is 1.56. The van der Waals surface area contributed by atoms with Crippen LogP contribution in [-0.4, -0.2) is 60.8 Å². The first-order chi connectivity index (χ1) is 9.02. The molecule has 0 rings (SSSR count). The molecule has 0 aromatic rings. The Hall–Kier alpha value is -1.91. The molecule has 0 saturated heterocycles. The summed E-state index contributed by atoms with van der Waals surface area (Å²) in [5.74, 6) is 1.24. The number of thioether (sulfide) groups is 1. The molecule has 4 amide bonds. The number of urea groups is 2. The molecule has 2 N–H and O–H groups in total. The minimum Gasteiger partial charge on any atom is -0.336 e. The third-order valence-corrected chi connectivity index (χ3v) is 2.86. The molecule has 0 radical (unpaired) electrons. The lowest BCUT2D eigenvalue weighted by Gasteiger charge is -2.10. The maximum Gasteiger partial charge on any atom is 0.340 e. The minimum atomic E-state index is -0.567. The molecule has 0 fully saturated rings. The molecule has 0 heterocycles. The van der Waals surface area contributed by atoms with Crippen LogP contribution in [0.5, 0.6) is 0 Å². The van der Waals surface area contributed by atoms with Crippen molar-refractivity contribution in [1.82, 2.24) is 20.7 Å². The van der Waals surface area contributed by atoms with E-state index in [0.717, 1.165) is 0 Å². The third kappa shape index (κ3) is 7.91. The van der Waals surface area contributed by atoms with E-state index in [9.17, 15) is 19.4 Å². The van der Waals surface area contributed by atoms with Crippen LogP contribution in [0.15, 0.2) is 10.6 Å². The van der Waals surface area contributed by atoms with E-state index in [1.807, 2.05) is 0 Å². The zero-order valence-corrected chi connectivity index (χ0v) is 11.5. The Labute approximate surface area is 114 Å². The molecule has 0 saturated carbocycles. The van der Waals surface area contributed by atoms with Crippen molar-refractivity contribution in [2.24, 2.45) is 10.6 Å². The van der Waals surface area contributed by atoms with E-state index in [1.54, 1.807) is 0 Å². The normalized spacial score (nSPS) is 9.37. The number of nitrogens with zero attached hydrogens (tertiary/aromatic N) is 4. The second-order valence-electron chi connectivity index (χ2n) is 3.29. The van der Waals surface area contributed by atoms with Gasteiger partial charge in [0.15, 0.2) is 0 Å². The van der Waals surface area contributed by atoms with Crippen LogP contribution in [0.4, 0.5) is 9.59 Å². The van der Waals surface area contributed by atoms with Gasteiger partial charge in [-0.1, -0.05) is 0 Å². The van der Waals surface area contributed by atoms with Crippen LogP contribution in [0, 0.1) is 9.81 Å². The fourth-order valence-electron chi connectivity index (χ4n) is 0.865. The van der Waals surface area contributed by atoms with Crippen molar-refractivity contribution >= 4 is 23.8 Å². The topological polar surface area (TPSA) is 124 Å². The Morgan fingerprint density at radius 2 is 1.32 bits per heavy atom. The van der Waals surface area contributed by atoms with Gasteiger partial charge in [0.05, 0.1) is 10.6 Å². The van der Waals surface area contributed by atoms with Crippen LogP contribution in [0.25, 0.3) is 0 Å². The summed E-state index contributed by atoms with van der Waals surface area (Å²) in [6, 6.07) is -1.13. The van der Waals surface area contributed by atoms with Crippen LogP contribution in [0.1, 0.15) is 0 Å². The van der Waals surface area contributed by atoms with E-state index >= 15 is 0 Å². The van der Waals surface area contributed by atoms with Crippen LogP contribution >= 0.6 is 11.8 Å². The van der Waals surface area contributed by atoms with Crippen molar-refractivity contribution in [3.05, 3.63) is 9.81 Å². The Bertz CT molecular complexity index is 298. The molecular formula is C8H16N6O4S. The van der Waals surface area contributed by atoms with E-state index in [2.05, 4.69) is 21.2 Å². The van der Waals surface area contributed by atoms with E-state index < -0.39 is 12.1 Å². The summed E-state index contributed by atoms with van der Waals surface area (Å²) in [4.78, 5) is 42.1. The first kappa shape index (κ1) is 17.1. The van der Waals surface area contributed by atoms with Gasteiger partial charge >= 0.3 is 12.1 Å². The fraction of sp³-hybridized carbons (Fsp3) is 0.750. The maximum absolute atomic E-state index is 11.1. The molecule has 0 aliphatic carbocycles. The number of nitroso groups, excluding NO2 is 2. The van der Waals surface area contributed by atoms with Crippen molar-refractivity contribution in [3.63, 3.8) is 0 Å². The number of carbonyl (C=O) groups is 2. The van der Waals surface area contributed by atoms with Gasteiger partial charge in [-0.2, -0.15) is 21.8 Å². The number of rotatable bonds is 8. The summed E-state index contributed by atoms with van der Waals surface area (Å²) in [5.41, 5.74) is 0. The lowest BCUT2D eigenvalue weighted by atomic mass is 10.7. The predicted octanol–water partition coefficient (Wildman–Crippen LogP) is 0.365. The second-order valence-corrected chi connectivity index (χ2v) is 4.51. The highest BCUT2D eigenvalue weighted by Crippen LogP contribution is 1.97. The van der Waals surface area contributed by atoms with Gasteiger partial charge in [0.1, 0.15) is 0 Å². The minimum absolute atomic E-state index is 0.382. The molecule has 0 bridgehead atoms. The third-order valence-electron chi connectivity index (χ3n) is 1.88. The van der Waals surface area contributed by atoms with Crippen LogP contribution in [0.2, 0.25) is 0 Å². The van der Waals surface area contributed by atoms with Gasteiger partial charge in [0, 0.05) is 38.7 Å². The summed E-state index contributed by atoms with van der Waals surface area (Å²) in [6.07, 6.45) is 0. The van der Waals surface area contributed by atoms with E-state index in [1.165, 1.54) is 25.9 Å². The van der Waals surface area contributed by atoms with E-state index in [4.69, 9.17) is 0 Å². The molecular weight excluding hydrogens is 276 g/mol. The molecule has 11 heteroatoms. The zero-order chi connectivity index (χ0) is 14.7. The Morgan fingerprint density at radius 1 is 0.947 bits per heavy atom.